The van der Waals surface area contributed by atoms with Crippen LogP contribution in [0.25, 0.3) is 0 Å². The molecule has 3 heteroatoms. The largest absolute Gasteiger partial charge is 0.354 e. The smallest absolute Gasteiger partial charge is 0.0383 e. The molecular weight excluding hydrogens is 198 g/mol. The topological polar surface area (TPSA) is 18.5 Å². The van der Waals surface area contributed by atoms with E-state index in [1.807, 2.05) is 0 Å². The standard InChI is InChI=1S/C13H23N3/c1-14-12-6-9-16(10-7-12)11-13-5-3-4-8-15(13)2/h4-5,8,12,14H,3,6-7,9-11H2,1-2H3. The second-order valence-corrected chi connectivity index (χ2v) is 4.77. The summed E-state index contributed by atoms with van der Waals surface area (Å²) in [6.45, 7) is 3.55. The lowest BCUT2D eigenvalue weighted by Crippen LogP contribution is -2.42. The maximum atomic E-state index is 3.37. The Morgan fingerprint density at radius 3 is 2.75 bits per heavy atom. The Labute approximate surface area is 98.8 Å². The van der Waals surface area contributed by atoms with Gasteiger partial charge >= 0.3 is 0 Å². The molecule has 2 rings (SSSR count). The Kier molecular flexibility index (Phi) is 4.02. The van der Waals surface area contributed by atoms with Crippen LogP contribution in [0, 0.1) is 0 Å². The molecule has 0 amide bonds. The van der Waals surface area contributed by atoms with E-state index in [9.17, 15) is 0 Å². The van der Waals surface area contributed by atoms with Gasteiger partial charge in [0.05, 0.1) is 0 Å². The summed E-state index contributed by atoms with van der Waals surface area (Å²) < 4.78 is 0. The van der Waals surface area contributed by atoms with Crippen molar-refractivity contribution in [1.29, 1.82) is 0 Å². The normalized spacial score (nSPS) is 23.6. The molecular formula is C13H23N3. The van der Waals surface area contributed by atoms with Crippen LogP contribution in [-0.2, 0) is 0 Å². The lowest BCUT2D eigenvalue weighted by Gasteiger charge is -2.34. The SMILES string of the molecule is CNC1CCN(CC2=CCC=CN2C)CC1. The fraction of sp³-hybridized carbons (Fsp3) is 0.692. The molecule has 1 fully saturated rings. The molecule has 2 heterocycles. The first kappa shape index (κ1) is 11.7. The van der Waals surface area contributed by atoms with Crippen molar-refractivity contribution in [3.63, 3.8) is 0 Å². The van der Waals surface area contributed by atoms with Crippen molar-refractivity contribution in [3.8, 4) is 0 Å². The fourth-order valence-electron chi connectivity index (χ4n) is 2.45. The van der Waals surface area contributed by atoms with Crippen molar-refractivity contribution in [3.05, 3.63) is 24.0 Å². The first-order chi connectivity index (χ1) is 7.79. The summed E-state index contributed by atoms with van der Waals surface area (Å²) in [5.74, 6) is 0. The van der Waals surface area contributed by atoms with Gasteiger partial charge in [-0.25, -0.2) is 0 Å². The number of allylic oxidation sites excluding steroid dienone is 2. The Morgan fingerprint density at radius 1 is 1.38 bits per heavy atom. The van der Waals surface area contributed by atoms with Gasteiger partial charge in [-0.15, -0.1) is 0 Å². The first-order valence-electron chi connectivity index (χ1n) is 6.27. The van der Waals surface area contributed by atoms with Crippen LogP contribution in [0.15, 0.2) is 24.0 Å². The summed E-state index contributed by atoms with van der Waals surface area (Å²) in [7, 11) is 4.21. The van der Waals surface area contributed by atoms with E-state index in [-0.39, 0.29) is 0 Å². The number of piperidine rings is 1. The van der Waals surface area contributed by atoms with Crippen molar-refractivity contribution in [2.24, 2.45) is 0 Å². The lowest BCUT2D eigenvalue weighted by atomic mass is 10.0. The molecule has 0 aromatic rings. The number of likely N-dealkylation sites (N-methyl/N-ethyl adjacent to an activating group) is 1. The highest BCUT2D eigenvalue weighted by molar-refractivity contribution is 5.13. The third-order valence-electron chi connectivity index (χ3n) is 3.65. The second kappa shape index (κ2) is 5.51. The molecule has 0 spiro atoms. The molecule has 0 bridgehead atoms. The predicted molar refractivity (Wildman–Crippen MR) is 68.1 cm³/mol. The molecule has 0 saturated carbocycles. The van der Waals surface area contributed by atoms with E-state index in [1.165, 1.54) is 31.6 Å². The fourth-order valence-corrected chi connectivity index (χ4v) is 2.45. The zero-order valence-electron chi connectivity index (χ0n) is 10.4. The Bertz CT molecular complexity index is 275. The summed E-state index contributed by atoms with van der Waals surface area (Å²) in [5.41, 5.74) is 1.45. The molecule has 1 N–H and O–H groups in total. The minimum Gasteiger partial charge on any atom is -0.354 e. The van der Waals surface area contributed by atoms with Crippen LogP contribution in [0.2, 0.25) is 0 Å². The molecule has 90 valence electrons. The van der Waals surface area contributed by atoms with Crippen LogP contribution in [0.4, 0.5) is 0 Å². The molecule has 0 aromatic carbocycles. The Hall–Kier alpha value is -0.800. The van der Waals surface area contributed by atoms with Gasteiger partial charge in [-0.2, -0.15) is 0 Å². The Morgan fingerprint density at radius 2 is 2.12 bits per heavy atom. The van der Waals surface area contributed by atoms with Crippen LogP contribution in [0.1, 0.15) is 19.3 Å². The van der Waals surface area contributed by atoms with E-state index in [2.05, 4.69) is 47.6 Å². The minimum absolute atomic E-state index is 0.731. The zero-order chi connectivity index (χ0) is 11.4. The summed E-state index contributed by atoms with van der Waals surface area (Å²) in [4.78, 5) is 4.81. The monoisotopic (exact) mass is 221 g/mol. The van der Waals surface area contributed by atoms with Gasteiger partial charge in [-0.1, -0.05) is 12.2 Å². The van der Waals surface area contributed by atoms with Gasteiger partial charge in [0, 0.05) is 38.4 Å². The van der Waals surface area contributed by atoms with E-state index in [4.69, 9.17) is 0 Å². The molecule has 0 unspecified atom stereocenters. The molecule has 0 aliphatic carbocycles. The van der Waals surface area contributed by atoms with Crippen LogP contribution in [0.5, 0.6) is 0 Å². The Balaban J connectivity index is 1.80. The van der Waals surface area contributed by atoms with Gasteiger partial charge < -0.3 is 10.2 Å². The molecule has 1 saturated heterocycles. The van der Waals surface area contributed by atoms with Gasteiger partial charge in [0.2, 0.25) is 0 Å². The van der Waals surface area contributed by atoms with Gasteiger partial charge in [0.15, 0.2) is 0 Å². The molecule has 0 radical (unpaired) electrons. The predicted octanol–water partition coefficient (Wildman–Crippen LogP) is 1.40. The molecule has 2 aliphatic rings. The summed E-state index contributed by atoms with van der Waals surface area (Å²) in [6, 6.07) is 0.731. The van der Waals surface area contributed by atoms with Crippen molar-refractivity contribution in [2.75, 3.05) is 33.7 Å². The van der Waals surface area contributed by atoms with Gasteiger partial charge in [-0.3, -0.25) is 4.90 Å². The van der Waals surface area contributed by atoms with E-state index in [0.29, 0.717) is 0 Å². The van der Waals surface area contributed by atoms with Crippen molar-refractivity contribution >= 4 is 0 Å². The molecule has 0 aromatic heterocycles. The van der Waals surface area contributed by atoms with Crippen molar-refractivity contribution in [2.45, 2.75) is 25.3 Å². The number of nitrogens with one attached hydrogen (secondary N) is 1. The van der Waals surface area contributed by atoms with Crippen LogP contribution in [-0.4, -0.2) is 49.6 Å². The zero-order valence-corrected chi connectivity index (χ0v) is 10.4. The first-order valence-corrected chi connectivity index (χ1v) is 6.27. The summed E-state index contributed by atoms with van der Waals surface area (Å²) >= 11 is 0. The van der Waals surface area contributed by atoms with Crippen LogP contribution in [0.3, 0.4) is 0 Å². The molecule has 0 atom stereocenters. The third-order valence-corrected chi connectivity index (χ3v) is 3.65. The highest BCUT2D eigenvalue weighted by Crippen LogP contribution is 2.16. The van der Waals surface area contributed by atoms with Crippen LogP contribution < -0.4 is 5.32 Å². The number of rotatable bonds is 3. The van der Waals surface area contributed by atoms with Gasteiger partial charge in [0.1, 0.15) is 0 Å². The highest BCUT2D eigenvalue weighted by atomic mass is 15.2. The van der Waals surface area contributed by atoms with E-state index in [0.717, 1.165) is 19.0 Å². The van der Waals surface area contributed by atoms with Gasteiger partial charge in [0.25, 0.3) is 0 Å². The number of hydrogen-bond acceptors (Lipinski definition) is 3. The van der Waals surface area contributed by atoms with E-state index >= 15 is 0 Å². The molecule has 16 heavy (non-hydrogen) atoms. The minimum atomic E-state index is 0.731. The van der Waals surface area contributed by atoms with E-state index in [1.54, 1.807) is 0 Å². The van der Waals surface area contributed by atoms with Gasteiger partial charge in [-0.05, 0) is 32.5 Å². The summed E-state index contributed by atoms with van der Waals surface area (Å²) in [5, 5.41) is 3.37. The van der Waals surface area contributed by atoms with Crippen molar-refractivity contribution in [1.82, 2.24) is 15.1 Å². The number of hydrogen-bond donors (Lipinski definition) is 1. The number of likely N-dealkylation sites (tertiary alicyclic amines) is 1. The average Bonchev–Trinajstić information content (AvgIpc) is 2.33. The maximum absolute atomic E-state index is 3.37. The maximum Gasteiger partial charge on any atom is 0.0383 e. The highest BCUT2D eigenvalue weighted by Gasteiger charge is 2.19. The quantitative estimate of drug-likeness (QED) is 0.777. The second-order valence-electron chi connectivity index (χ2n) is 4.77. The molecule has 3 nitrogen and oxygen atoms in total. The van der Waals surface area contributed by atoms with E-state index < -0.39 is 0 Å². The number of nitrogens with zero attached hydrogens (tertiary/aromatic N) is 2. The van der Waals surface area contributed by atoms with Crippen molar-refractivity contribution < 1.29 is 0 Å². The summed E-state index contributed by atoms with van der Waals surface area (Å²) in [6.07, 6.45) is 10.4. The molecule has 2 aliphatic heterocycles. The lowest BCUT2D eigenvalue weighted by molar-refractivity contribution is 0.206. The third kappa shape index (κ3) is 2.86. The van der Waals surface area contributed by atoms with Crippen LogP contribution >= 0.6 is 0 Å². The average molecular weight is 221 g/mol.